The number of rotatable bonds is 7. The second-order valence-corrected chi connectivity index (χ2v) is 9.16. The summed E-state index contributed by atoms with van der Waals surface area (Å²) in [5.41, 5.74) is 1.35. The smallest absolute Gasteiger partial charge is 0.262 e. The van der Waals surface area contributed by atoms with E-state index in [0.717, 1.165) is 5.56 Å². The van der Waals surface area contributed by atoms with Crippen molar-refractivity contribution in [1.82, 2.24) is 4.90 Å². The molecule has 9 heteroatoms. The highest BCUT2D eigenvalue weighted by Crippen LogP contribution is 2.32. The SMILES string of the molecule is C#CCN(Cc1ccc(F)cc1)C(=O)c1ccc(NS(=O)(=O)c2ccc3c(c2)OCCO3)cc1. The number of nitrogens with one attached hydrogen (secondary N) is 1. The Bertz CT molecular complexity index is 1330. The Labute approximate surface area is 197 Å². The molecule has 0 radical (unpaired) electrons. The zero-order chi connectivity index (χ0) is 24.1. The molecule has 1 aliphatic heterocycles. The Kier molecular flexibility index (Phi) is 6.70. The van der Waals surface area contributed by atoms with Crippen molar-refractivity contribution in [3.05, 3.63) is 83.7 Å². The van der Waals surface area contributed by atoms with Gasteiger partial charge in [0.1, 0.15) is 19.0 Å². The standard InChI is InChI=1S/C25H21FN2O5S/c1-2-13-28(17-18-3-7-20(26)8-4-18)25(29)19-5-9-21(10-6-19)27-34(30,31)22-11-12-23-24(16-22)33-15-14-32-23/h1,3-12,16,27H,13-15,17H2. The molecule has 0 spiro atoms. The Morgan fingerprint density at radius 1 is 1.00 bits per heavy atom. The summed E-state index contributed by atoms with van der Waals surface area (Å²) >= 11 is 0. The minimum Gasteiger partial charge on any atom is -0.486 e. The molecule has 0 aliphatic carbocycles. The van der Waals surface area contributed by atoms with E-state index in [0.29, 0.717) is 30.3 Å². The van der Waals surface area contributed by atoms with Crippen molar-refractivity contribution in [2.45, 2.75) is 11.4 Å². The number of benzene rings is 3. The molecule has 0 saturated carbocycles. The average molecular weight is 481 g/mol. The quantitative estimate of drug-likeness (QED) is 0.522. The van der Waals surface area contributed by atoms with Crippen LogP contribution in [0.1, 0.15) is 15.9 Å². The molecule has 0 aromatic heterocycles. The summed E-state index contributed by atoms with van der Waals surface area (Å²) in [5.74, 6) is 2.61. The van der Waals surface area contributed by atoms with Crippen LogP contribution in [0.25, 0.3) is 0 Å². The number of carbonyl (C=O) groups is 1. The number of nitrogens with zero attached hydrogens (tertiary/aromatic N) is 1. The highest BCUT2D eigenvalue weighted by molar-refractivity contribution is 7.92. The Morgan fingerprint density at radius 2 is 1.68 bits per heavy atom. The maximum atomic E-state index is 13.2. The molecule has 1 N–H and O–H groups in total. The lowest BCUT2D eigenvalue weighted by Gasteiger charge is -2.21. The largest absolute Gasteiger partial charge is 0.486 e. The minimum absolute atomic E-state index is 0.0244. The molecule has 3 aromatic carbocycles. The number of hydrogen-bond donors (Lipinski definition) is 1. The van der Waals surface area contributed by atoms with Crippen molar-refractivity contribution >= 4 is 21.6 Å². The lowest BCUT2D eigenvalue weighted by atomic mass is 10.1. The summed E-state index contributed by atoms with van der Waals surface area (Å²) in [4.78, 5) is 14.4. The van der Waals surface area contributed by atoms with Crippen LogP contribution in [0, 0.1) is 18.2 Å². The van der Waals surface area contributed by atoms with E-state index >= 15 is 0 Å². The maximum absolute atomic E-state index is 13.2. The van der Waals surface area contributed by atoms with Crippen molar-refractivity contribution in [2.75, 3.05) is 24.5 Å². The summed E-state index contributed by atoms with van der Waals surface area (Å²) in [6.07, 6.45) is 5.42. The zero-order valence-electron chi connectivity index (χ0n) is 18.0. The number of terminal acetylenes is 1. The Hall–Kier alpha value is -4.03. The molecule has 0 fully saturated rings. The molecule has 1 aliphatic rings. The van der Waals surface area contributed by atoms with Crippen LogP contribution in [0.15, 0.2) is 71.6 Å². The fraction of sp³-hybridized carbons (Fsp3) is 0.160. The van der Waals surface area contributed by atoms with Crippen LogP contribution in [0.4, 0.5) is 10.1 Å². The van der Waals surface area contributed by atoms with E-state index in [1.807, 2.05) is 0 Å². The lowest BCUT2D eigenvalue weighted by Crippen LogP contribution is -2.31. The van der Waals surface area contributed by atoms with E-state index in [1.165, 1.54) is 53.4 Å². The Morgan fingerprint density at radius 3 is 2.35 bits per heavy atom. The molecule has 174 valence electrons. The molecule has 0 unspecified atom stereocenters. The van der Waals surface area contributed by atoms with Gasteiger partial charge in [0.2, 0.25) is 0 Å². The number of sulfonamides is 1. The monoisotopic (exact) mass is 480 g/mol. The van der Waals surface area contributed by atoms with Gasteiger partial charge in [0.15, 0.2) is 11.5 Å². The molecule has 34 heavy (non-hydrogen) atoms. The molecule has 1 amide bonds. The van der Waals surface area contributed by atoms with Gasteiger partial charge < -0.3 is 14.4 Å². The van der Waals surface area contributed by atoms with Crippen LogP contribution in [-0.4, -0.2) is 39.0 Å². The van der Waals surface area contributed by atoms with Crippen LogP contribution in [-0.2, 0) is 16.6 Å². The summed E-state index contributed by atoms with van der Waals surface area (Å²) < 4.78 is 52.1. The number of amides is 1. The zero-order valence-corrected chi connectivity index (χ0v) is 18.8. The van der Waals surface area contributed by atoms with Crippen molar-refractivity contribution < 1.29 is 27.1 Å². The number of fused-ring (bicyclic) bond motifs is 1. The normalized spacial score (nSPS) is 12.5. The van der Waals surface area contributed by atoms with Gasteiger partial charge in [0, 0.05) is 23.9 Å². The minimum atomic E-state index is -3.89. The average Bonchev–Trinajstić information content (AvgIpc) is 2.84. The highest BCUT2D eigenvalue weighted by Gasteiger charge is 2.20. The van der Waals surface area contributed by atoms with Crippen LogP contribution in [0.5, 0.6) is 11.5 Å². The number of ether oxygens (including phenoxy) is 2. The van der Waals surface area contributed by atoms with Gasteiger partial charge in [-0.1, -0.05) is 18.1 Å². The van der Waals surface area contributed by atoms with Gasteiger partial charge in [0.05, 0.1) is 11.4 Å². The van der Waals surface area contributed by atoms with Crippen molar-refractivity contribution in [1.29, 1.82) is 0 Å². The molecule has 0 saturated heterocycles. The maximum Gasteiger partial charge on any atom is 0.262 e. The first kappa shape index (κ1) is 23.1. The van der Waals surface area contributed by atoms with E-state index in [9.17, 15) is 17.6 Å². The van der Waals surface area contributed by atoms with Gasteiger partial charge in [-0.2, -0.15) is 0 Å². The van der Waals surface area contributed by atoms with E-state index in [-0.39, 0.29) is 35.4 Å². The van der Waals surface area contributed by atoms with Gasteiger partial charge >= 0.3 is 0 Å². The van der Waals surface area contributed by atoms with E-state index < -0.39 is 10.0 Å². The second kappa shape index (κ2) is 9.85. The molecule has 1 heterocycles. The first-order valence-electron chi connectivity index (χ1n) is 10.4. The van der Waals surface area contributed by atoms with Gasteiger partial charge in [0.25, 0.3) is 15.9 Å². The summed E-state index contributed by atoms with van der Waals surface area (Å²) in [5, 5.41) is 0. The topological polar surface area (TPSA) is 84.9 Å². The summed E-state index contributed by atoms with van der Waals surface area (Å²) in [7, 11) is -3.89. The fourth-order valence-corrected chi connectivity index (χ4v) is 4.46. The molecule has 0 atom stereocenters. The number of anilines is 1. The first-order chi connectivity index (χ1) is 16.4. The van der Waals surface area contributed by atoms with Crippen LogP contribution < -0.4 is 14.2 Å². The van der Waals surface area contributed by atoms with E-state index in [1.54, 1.807) is 18.2 Å². The first-order valence-corrected chi connectivity index (χ1v) is 11.8. The number of hydrogen-bond acceptors (Lipinski definition) is 5. The molecule has 0 bridgehead atoms. The molecule has 4 rings (SSSR count). The predicted octanol–water partition coefficient (Wildman–Crippen LogP) is 3.67. The molecular formula is C25H21FN2O5S. The number of carbonyl (C=O) groups excluding carboxylic acids is 1. The fourth-order valence-electron chi connectivity index (χ4n) is 3.39. The highest BCUT2D eigenvalue weighted by atomic mass is 32.2. The van der Waals surface area contributed by atoms with E-state index in [2.05, 4.69) is 10.6 Å². The van der Waals surface area contributed by atoms with Gasteiger partial charge in [-0.15, -0.1) is 6.42 Å². The third kappa shape index (κ3) is 5.30. The summed E-state index contributed by atoms with van der Waals surface area (Å²) in [6, 6.07) is 16.2. The van der Waals surface area contributed by atoms with Gasteiger partial charge in [-0.25, -0.2) is 12.8 Å². The lowest BCUT2D eigenvalue weighted by molar-refractivity contribution is 0.0766. The molecule has 7 nitrogen and oxygen atoms in total. The molecule has 3 aromatic rings. The van der Waals surface area contributed by atoms with Crippen molar-refractivity contribution in [3.63, 3.8) is 0 Å². The van der Waals surface area contributed by atoms with Crippen LogP contribution in [0.3, 0.4) is 0 Å². The second-order valence-electron chi connectivity index (χ2n) is 7.48. The Balaban J connectivity index is 1.47. The van der Waals surface area contributed by atoms with Gasteiger partial charge in [-0.05, 0) is 54.1 Å². The van der Waals surface area contributed by atoms with Gasteiger partial charge in [-0.3, -0.25) is 9.52 Å². The third-order valence-corrected chi connectivity index (χ3v) is 6.44. The van der Waals surface area contributed by atoms with Crippen molar-refractivity contribution in [2.24, 2.45) is 0 Å². The van der Waals surface area contributed by atoms with Crippen molar-refractivity contribution in [3.8, 4) is 23.8 Å². The number of halogens is 1. The molecular weight excluding hydrogens is 459 g/mol. The summed E-state index contributed by atoms with van der Waals surface area (Å²) in [6.45, 7) is 1.03. The van der Waals surface area contributed by atoms with Crippen LogP contribution in [0.2, 0.25) is 0 Å². The van der Waals surface area contributed by atoms with Crippen LogP contribution >= 0.6 is 0 Å². The third-order valence-electron chi connectivity index (χ3n) is 5.06. The predicted molar refractivity (Wildman–Crippen MR) is 125 cm³/mol. The van der Waals surface area contributed by atoms with E-state index in [4.69, 9.17) is 15.9 Å².